The molecule has 10 aromatic rings. The summed E-state index contributed by atoms with van der Waals surface area (Å²) in [6.07, 6.45) is 0. The second-order valence-corrected chi connectivity index (χ2v) is 15.9. The summed E-state index contributed by atoms with van der Waals surface area (Å²) in [6, 6.07) is 74.8. The number of para-hydroxylation sites is 1. The highest BCUT2D eigenvalue weighted by atomic mass is 32.1. The Hall–Kier alpha value is -6.74. The Morgan fingerprint density at radius 2 is 0.909 bits per heavy atom. The van der Waals surface area contributed by atoms with Crippen LogP contribution in [0.15, 0.2) is 200 Å². The first kappa shape index (κ1) is 30.7. The normalized spacial score (nSPS) is 15.0. The number of rotatable bonds is 3. The molecule has 0 amide bonds. The van der Waals surface area contributed by atoms with Crippen molar-refractivity contribution >= 4 is 59.3 Å². The summed E-state index contributed by atoms with van der Waals surface area (Å²) in [5.41, 5.74) is 15.8. The number of hydrogen-bond donors (Lipinski definition) is 0. The van der Waals surface area contributed by atoms with E-state index in [0.29, 0.717) is 0 Å². The summed E-state index contributed by atoms with van der Waals surface area (Å²) >= 11 is 1.90. The van der Waals surface area contributed by atoms with Gasteiger partial charge >= 0.3 is 0 Å². The van der Waals surface area contributed by atoms with Crippen molar-refractivity contribution in [2.24, 2.45) is 0 Å². The van der Waals surface area contributed by atoms with Gasteiger partial charge < -0.3 is 4.90 Å². The van der Waals surface area contributed by atoms with E-state index in [2.05, 4.69) is 205 Å². The smallest absolute Gasteiger partial charge is 0.0726 e. The molecule has 0 N–H and O–H groups in total. The van der Waals surface area contributed by atoms with Gasteiger partial charge in [-0.05, 0) is 110 Å². The first-order valence-corrected chi connectivity index (χ1v) is 19.8. The third kappa shape index (κ3) is 4.23. The van der Waals surface area contributed by atoms with Gasteiger partial charge in [-0.25, -0.2) is 0 Å². The first-order valence-electron chi connectivity index (χ1n) is 19.0. The molecule has 0 radical (unpaired) electrons. The molecule has 1 unspecified atom stereocenters. The van der Waals surface area contributed by atoms with E-state index in [9.17, 15) is 0 Å². The Morgan fingerprint density at radius 1 is 0.327 bits per heavy atom. The zero-order valence-electron chi connectivity index (χ0n) is 29.9. The van der Waals surface area contributed by atoms with Crippen LogP contribution >= 0.6 is 11.3 Å². The second-order valence-electron chi connectivity index (χ2n) is 14.8. The van der Waals surface area contributed by atoms with Gasteiger partial charge in [0, 0.05) is 36.9 Å². The number of hydrogen-bond acceptors (Lipinski definition) is 2. The fourth-order valence-electron chi connectivity index (χ4n) is 9.84. The lowest BCUT2D eigenvalue weighted by atomic mass is 9.65. The molecular weight excluding hydrogens is 683 g/mol. The largest absolute Gasteiger partial charge is 0.310 e. The van der Waals surface area contributed by atoms with Crippen LogP contribution in [0.3, 0.4) is 0 Å². The van der Waals surface area contributed by atoms with Crippen molar-refractivity contribution in [2.45, 2.75) is 5.41 Å². The van der Waals surface area contributed by atoms with Crippen molar-refractivity contribution < 1.29 is 0 Å². The average Bonchev–Trinajstić information content (AvgIpc) is 3.73. The third-order valence-electron chi connectivity index (χ3n) is 12.1. The highest BCUT2D eigenvalue weighted by Gasteiger charge is 2.50. The molecule has 1 aromatic heterocycles. The zero-order valence-corrected chi connectivity index (χ0v) is 30.7. The molecule has 2 heteroatoms. The highest BCUT2D eigenvalue weighted by molar-refractivity contribution is 7.25. The lowest BCUT2D eigenvalue weighted by Gasteiger charge is -2.36. The van der Waals surface area contributed by atoms with Crippen LogP contribution in [-0.2, 0) is 5.41 Å². The summed E-state index contributed by atoms with van der Waals surface area (Å²) in [5, 5.41) is 5.10. The quantitative estimate of drug-likeness (QED) is 0.176. The molecule has 1 heterocycles. The lowest BCUT2D eigenvalue weighted by molar-refractivity contribution is 0.776. The monoisotopic (exact) mass is 715 g/mol. The van der Waals surface area contributed by atoms with E-state index in [0.717, 1.165) is 17.1 Å². The SMILES string of the molecule is c1ccc(N(c2ccc3c(c2)C2(c4ccccc4-c4ccccc4-3)c3ccccc3-c3cc4c(cc32)sc2ccccc24)c2cccc3ccccc23)cc1. The van der Waals surface area contributed by atoms with E-state index in [1.54, 1.807) is 0 Å². The van der Waals surface area contributed by atoms with Crippen LogP contribution in [0, 0.1) is 0 Å². The van der Waals surface area contributed by atoms with Gasteiger partial charge in [-0.2, -0.15) is 0 Å². The maximum absolute atomic E-state index is 2.54. The molecule has 1 atom stereocenters. The molecule has 2 aliphatic rings. The molecule has 55 heavy (non-hydrogen) atoms. The molecule has 0 fully saturated rings. The van der Waals surface area contributed by atoms with Crippen molar-refractivity contribution in [3.05, 3.63) is 222 Å². The molecule has 12 rings (SSSR count). The van der Waals surface area contributed by atoms with Gasteiger partial charge in [0.15, 0.2) is 0 Å². The summed E-state index contributed by atoms with van der Waals surface area (Å²) in [6.45, 7) is 0. The Labute approximate surface area is 324 Å². The zero-order chi connectivity index (χ0) is 36.1. The molecule has 1 spiro atoms. The summed E-state index contributed by atoms with van der Waals surface area (Å²) < 4.78 is 2.65. The molecule has 0 bridgehead atoms. The molecule has 256 valence electrons. The Balaban J connectivity index is 1.25. The topological polar surface area (TPSA) is 3.24 Å². The fraction of sp³-hybridized carbons (Fsp3) is 0.0189. The van der Waals surface area contributed by atoms with Crippen LogP contribution in [-0.4, -0.2) is 0 Å². The number of anilines is 3. The van der Waals surface area contributed by atoms with Crippen LogP contribution < -0.4 is 4.90 Å². The van der Waals surface area contributed by atoms with E-state index in [-0.39, 0.29) is 0 Å². The Morgan fingerprint density at radius 3 is 1.69 bits per heavy atom. The highest BCUT2D eigenvalue weighted by Crippen LogP contribution is 2.63. The molecule has 1 nitrogen and oxygen atoms in total. The van der Waals surface area contributed by atoms with E-state index in [1.165, 1.54) is 86.6 Å². The number of benzene rings is 9. The summed E-state index contributed by atoms with van der Waals surface area (Å²) in [4.78, 5) is 2.45. The van der Waals surface area contributed by atoms with Gasteiger partial charge in [-0.1, -0.05) is 152 Å². The second kappa shape index (κ2) is 11.6. The minimum Gasteiger partial charge on any atom is -0.310 e. The van der Waals surface area contributed by atoms with Crippen molar-refractivity contribution in [1.29, 1.82) is 0 Å². The maximum Gasteiger partial charge on any atom is 0.0726 e. The fourth-order valence-corrected chi connectivity index (χ4v) is 11.0. The molecule has 0 saturated carbocycles. The van der Waals surface area contributed by atoms with Gasteiger partial charge in [0.25, 0.3) is 0 Å². The van der Waals surface area contributed by atoms with Gasteiger partial charge in [-0.3, -0.25) is 0 Å². The van der Waals surface area contributed by atoms with E-state index < -0.39 is 5.41 Å². The van der Waals surface area contributed by atoms with Crippen molar-refractivity contribution in [2.75, 3.05) is 4.90 Å². The van der Waals surface area contributed by atoms with Gasteiger partial charge in [0.2, 0.25) is 0 Å². The lowest BCUT2D eigenvalue weighted by Crippen LogP contribution is -2.29. The number of thiophene rings is 1. The molecule has 0 saturated heterocycles. The van der Waals surface area contributed by atoms with E-state index in [4.69, 9.17) is 0 Å². The summed E-state index contributed by atoms with van der Waals surface area (Å²) in [7, 11) is 0. The molecule has 0 aliphatic heterocycles. The van der Waals surface area contributed by atoms with Crippen molar-refractivity contribution in [3.8, 4) is 33.4 Å². The molecular formula is C53H33NS. The average molecular weight is 716 g/mol. The molecule has 2 aliphatic carbocycles. The molecule has 9 aromatic carbocycles. The maximum atomic E-state index is 2.54. The van der Waals surface area contributed by atoms with Crippen molar-refractivity contribution in [1.82, 2.24) is 0 Å². The van der Waals surface area contributed by atoms with E-state index in [1.807, 2.05) is 11.3 Å². The minimum atomic E-state index is -0.585. The van der Waals surface area contributed by atoms with Gasteiger partial charge in [0.1, 0.15) is 0 Å². The van der Waals surface area contributed by atoms with Gasteiger partial charge in [-0.15, -0.1) is 11.3 Å². The third-order valence-corrected chi connectivity index (χ3v) is 13.2. The van der Waals surface area contributed by atoms with Crippen LogP contribution in [0.1, 0.15) is 22.3 Å². The van der Waals surface area contributed by atoms with Gasteiger partial charge in [0.05, 0.1) is 11.1 Å². The first-order chi connectivity index (χ1) is 27.3. The van der Waals surface area contributed by atoms with Crippen molar-refractivity contribution in [3.63, 3.8) is 0 Å². The summed E-state index contributed by atoms with van der Waals surface area (Å²) in [5.74, 6) is 0. The predicted molar refractivity (Wildman–Crippen MR) is 233 cm³/mol. The standard InChI is InChI=1S/C53H33NS/c1-2-17-35(18-3-1)54(50-27-14-16-34-15-4-5-19-37(34)50)36-29-30-42-39-21-7-6-20-38(39)40-22-8-11-25-46(40)53(48(42)31-36)47-26-12-9-23-41(47)44-32-45-43-24-10-13-28-51(43)55-52(45)33-49(44)53/h1-33H. The van der Waals surface area contributed by atoms with E-state index >= 15 is 0 Å². The van der Waals surface area contributed by atoms with Crippen LogP contribution in [0.25, 0.3) is 64.3 Å². The Kier molecular flexibility index (Phi) is 6.49. The Bertz CT molecular complexity index is 3170. The minimum absolute atomic E-state index is 0.585. The number of fused-ring (bicyclic) bond motifs is 16. The van der Waals surface area contributed by atoms with Crippen LogP contribution in [0.2, 0.25) is 0 Å². The van der Waals surface area contributed by atoms with Crippen LogP contribution in [0.5, 0.6) is 0 Å². The van der Waals surface area contributed by atoms with Crippen LogP contribution in [0.4, 0.5) is 17.1 Å². The predicted octanol–water partition coefficient (Wildman–Crippen LogP) is 14.7. The number of nitrogens with zero attached hydrogens (tertiary/aromatic N) is 1.